The smallest absolute Gasteiger partial charge is 0.326 e. The first kappa shape index (κ1) is 15.7. The molecule has 0 fully saturated rings. The standard InChI is InChI=1S/C12H16N2O6/c1-3-19-12(15)9(13)7-20-11-6-8(14(16)17)4-5-10(11)18-2/h4-6,9H,3,7,13H2,1-2H3. The van der Waals surface area contributed by atoms with Crippen LogP contribution in [0.5, 0.6) is 11.5 Å². The number of nitro groups is 1. The average Bonchev–Trinajstić information content (AvgIpc) is 2.44. The minimum Gasteiger partial charge on any atom is -0.493 e. The summed E-state index contributed by atoms with van der Waals surface area (Å²) in [6.45, 7) is 1.71. The van der Waals surface area contributed by atoms with Gasteiger partial charge in [-0.3, -0.25) is 14.9 Å². The van der Waals surface area contributed by atoms with Crippen molar-refractivity contribution in [2.75, 3.05) is 20.3 Å². The summed E-state index contributed by atoms with van der Waals surface area (Å²) in [6.07, 6.45) is 0. The zero-order valence-corrected chi connectivity index (χ0v) is 11.2. The first-order valence-corrected chi connectivity index (χ1v) is 5.87. The summed E-state index contributed by atoms with van der Waals surface area (Å²) < 4.78 is 15.0. The van der Waals surface area contributed by atoms with Gasteiger partial charge in [-0.2, -0.15) is 0 Å². The van der Waals surface area contributed by atoms with Crippen LogP contribution in [-0.2, 0) is 9.53 Å². The maximum atomic E-state index is 11.3. The van der Waals surface area contributed by atoms with Crippen LogP contribution in [0, 0.1) is 10.1 Å². The maximum absolute atomic E-state index is 11.3. The molecular formula is C12H16N2O6. The molecule has 0 aliphatic carbocycles. The molecule has 0 aliphatic heterocycles. The van der Waals surface area contributed by atoms with E-state index in [1.807, 2.05) is 0 Å². The molecule has 0 spiro atoms. The minimum absolute atomic E-state index is 0.140. The Bertz CT molecular complexity index is 491. The van der Waals surface area contributed by atoms with Gasteiger partial charge in [0.05, 0.1) is 24.7 Å². The lowest BCUT2D eigenvalue weighted by Gasteiger charge is -2.14. The van der Waals surface area contributed by atoms with E-state index in [2.05, 4.69) is 0 Å². The van der Waals surface area contributed by atoms with Crippen LogP contribution in [0.25, 0.3) is 0 Å². The van der Waals surface area contributed by atoms with Crippen molar-refractivity contribution >= 4 is 11.7 Å². The van der Waals surface area contributed by atoms with Crippen molar-refractivity contribution in [2.24, 2.45) is 5.73 Å². The molecule has 0 amide bonds. The SMILES string of the molecule is CCOC(=O)C(N)COc1cc([N+](=O)[O-])ccc1OC. The topological polar surface area (TPSA) is 114 Å². The zero-order valence-electron chi connectivity index (χ0n) is 11.2. The van der Waals surface area contributed by atoms with E-state index in [4.69, 9.17) is 19.9 Å². The van der Waals surface area contributed by atoms with Crippen LogP contribution in [0.3, 0.4) is 0 Å². The molecule has 20 heavy (non-hydrogen) atoms. The quantitative estimate of drug-likeness (QED) is 0.449. The number of ether oxygens (including phenoxy) is 3. The Morgan fingerprint density at radius 2 is 2.15 bits per heavy atom. The molecule has 2 N–H and O–H groups in total. The van der Waals surface area contributed by atoms with Crippen molar-refractivity contribution in [3.05, 3.63) is 28.3 Å². The van der Waals surface area contributed by atoms with Gasteiger partial charge in [0.1, 0.15) is 12.6 Å². The molecule has 1 aromatic rings. The number of nitro benzene ring substituents is 1. The number of hydrogen-bond acceptors (Lipinski definition) is 7. The molecule has 1 rings (SSSR count). The second kappa shape index (κ2) is 7.29. The fourth-order valence-corrected chi connectivity index (χ4v) is 1.39. The lowest BCUT2D eigenvalue weighted by molar-refractivity contribution is -0.385. The monoisotopic (exact) mass is 284 g/mol. The van der Waals surface area contributed by atoms with Gasteiger partial charge in [-0.05, 0) is 13.0 Å². The maximum Gasteiger partial charge on any atom is 0.326 e. The van der Waals surface area contributed by atoms with Crippen LogP contribution in [0.15, 0.2) is 18.2 Å². The zero-order chi connectivity index (χ0) is 15.1. The normalized spacial score (nSPS) is 11.6. The van der Waals surface area contributed by atoms with E-state index in [1.165, 1.54) is 25.3 Å². The summed E-state index contributed by atoms with van der Waals surface area (Å²) in [5, 5.41) is 10.7. The third-order valence-electron chi connectivity index (χ3n) is 2.37. The predicted octanol–water partition coefficient (Wildman–Crippen LogP) is 0.873. The van der Waals surface area contributed by atoms with E-state index in [0.717, 1.165) is 0 Å². The number of esters is 1. The van der Waals surface area contributed by atoms with E-state index >= 15 is 0 Å². The summed E-state index contributed by atoms with van der Waals surface area (Å²) in [7, 11) is 1.40. The Balaban J connectivity index is 2.77. The molecule has 0 radical (unpaired) electrons. The molecule has 8 nitrogen and oxygen atoms in total. The van der Waals surface area contributed by atoms with Crippen molar-refractivity contribution in [2.45, 2.75) is 13.0 Å². The summed E-state index contributed by atoms with van der Waals surface area (Å²) >= 11 is 0. The Morgan fingerprint density at radius 3 is 2.70 bits per heavy atom. The largest absolute Gasteiger partial charge is 0.493 e. The van der Waals surface area contributed by atoms with Crippen molar-refractivity contribution in [3.8, 4) is 11.5 Å². The summed E-state index contributed by atoms with van der Waals surface area (Å²) in [5.41, 5.74) is 5.42. The highest BCUT2D eigenvalue weighted by atomic mass is 16.6. The Hall–Kier alpha value is -2.35. The first-order chi connectivity index (χ1) is 9.49. The van der Waals surface area contributed by atoms with Gasteiger partial charge in [-0.25, -0.2) is 0 Å². The lowest BCUT2D eigenvalue weighted by atomic mass is 10.2. The van der Waals surface area contributed by atoms with E-state index < -0.39 is 16.9 Å². The first-order valence-electron chi connectivity index (χ1n) is 5.87. The number of carbonyl (C=O) groups is 1. The number of nitrogens with two attached hydrogens (primary N) is 1. The number of benzene rings is 1. The highest BCUT2D eigenvalue weighted by Crippen LogP contribution is 2.31. The van der Waals surface area contributed by atoms with Crippen molar-refractivity contribution < 1.29 is 23.9 Å². The van der Waals surface area contributed by atoms with E-state index in [-0.39, 0.29) is 24.7 Å². The van der Waals surface area contributed by atoms with Crippen LogP contribution in [0.1, 0.15) is 6.92 Å². The van der Waals surface area contributed by atoms with Crippen LogP contribution in [0.4, 0.5) is 5.69 Å². The molecule has 1 aromatic carbocycles. The van der Waals surface area contributed by atoms with Gasteiger partial charge < -0.3 is 19.9 Å². The number of hydrogen-bond donors (Lipinski definition) is 1. The Kier molecular flexibility index (Phi) is 5.73. The molecule has 0 heterocycles. The van der Waals surface area contributed by atoms with Crippen LogP contribution < -0.4 is 15.2 Å². The number of rotatable bonds is 7. The predicted molar refractivity (Wildman–Crippen MR) is 69.8 cm³/mol. The molecule has 0 bridgehead atoms. The number of carbonyl (C=O) groups excluding carboxylic acids is 1. The van der Waals surface area contributed by atoms with Crippen molar-refractivity contribution in [1.82, 2.24) is 0 Å². The molecule has 0 aliphatic rings. The fraction of sp³-hybridized carbons (Fsp3) is 0.417. The van der Waals surface area contributed by atoms with Gasteiger partial charge in [0, 0.05) is 6.07 Å². The van der Waals surface area contributed by atoms with Gasteiger partial charge in [0.15, 0.2) is 11.5 Å². The molecular weight excluding hydrogens is 268 g/mol. The summed E-state index contributed by atoms with van der Waals surface area (Å²) in [6, 6.07) is 2.93. The van der Waals surface area contributed by atoms with Crippen LogP contribution >= 0.6 is 0 Å². The molecule has 110 valence electrons. The second-order valence-corrected chi connectivity index (χ2v) is 3.76. The van der Waals surface area contributed by atoms with Crippen LogP contribution in [-0.4, -0.2) is 37.3 Å². The highest BCUT2D eigenvalue weighted by molar-refractivity contribution is 5.75. The third-order valence-corrected chi connectivity index (χ3v) is 2.37. The van der Waals surface area contributed by atoms with Gasteiger partial charge in [-0.15, -0.1) is 0 Å². The van der Waals surface area contributed by atoms with Gasteiger partial charge >= 0.3 is 5.97 Å². The molecule has 1 atom stereocenters. The third kappa shape index (κ3) is 4.09. The molecule has 0 saturated carbocycles. The number of nitrogens with zero attached hydrogens (tertiary/aromatic N) is 1. The van der Waals surface area contributed by atoms with E-state index in [1.54, 1.807) is 6.92 Å². The lowest BCUT2D eigenvalue weighted by Crippen LogP contribution is -2.37. The molecule has 8 heteroatoms. The molecule has 0 aromatic heterocycles. The van der Waals surface area contributed by atoms with Crippen molar-refractivity contribution in [1.29, 1.82) is 0 Å². The highest BCUT2D eigenvalue weighted by Gasteiger charge is 2.18. The van der Waals surface area contributed by atoms with Gasteiger partial charge in [0.25, 0.3) is 5.69 Å². The summed E-state index contributed by atoms with van der Waals surface area (Å²) in [4.78, 5) is 21.5. The Morgan fingerprint density at radius 1 is 1.45 bits per heavy atom. The van der Waals surface area contributed by atoms with E-state index in [9.17, 15) is 14.9 Å². The van der Waals surface area contributed by atoms with E-state index in [0.29, 0.717) is 5.75 Å². The van der Waals surface area contributed by atoms with Crippen molar-refractivity contribution in [3.63, 3.8) is 0 Å². The van der Waals surface area contributed by atoms with Gasteiger partial charge in [0.2, 0.25) is 0 Å². The Labute approximate surface area is 115 Å². The molecule has 1 unspecified atom stereocenters. The summed E-state index contributed by atoms with van der Waals surface area (Å²) in [5.74, 6) is -0.148. The minimum atomic E-state index is -0.973. The second-order valence-electron chi connectivity index (χ2n) is 3.76. The number of non-ortho nitro benzene ring substituents is 1. The number of methoxy groups -OCH3 is 1. The molecule has 0 saturated heterocycles. The van der Waals surface area contributed by atoms with Crippen LogP contribution in [0.2, 0.25) is 0 Å². The van der Waals surface area contributed by atoms with Gasteiger partial charge in [-0.1, -0.05) is 0 Å². The fourth-order valence-electron chi connectivity index (χ4n) is 1.39. The average molecular weight is 284 g/mol.